The number of carbonyl (C=O) groups is 2. The van der Waals surface area contributed by atoms with Crippen LogP contribution >= 0.6 is 27.7 Å². The Morgan fingerprint density at radius 1 is 1.21 bits per heavy atom. The van der Waals surface area contributed by atoms with Crippen molar-refractivity contribution in [3.63, 3.8) is 0 Å². The van der Waals surface area contributed by atoms with Gasteiger partial charge in [0, 0.05) is 39.3 Å². The van der Waals surface area contributed by atoms with E-state index in [0.717, 1.165) is 26.3 Å². The molecule has 2 aromatic rings. The first-order valence-corrected chi connectivity index (χ1v) is 11.1. The fraction of sp³-hybridized carbons (Fsp3) is 0.304. The van der Waals surface area contributed by atoms with Crippen molar-refractivity contribution in [1.82, 2.24) is 0 Å². The molecule has 1 heterocycles. The van der Waals surface area contributed by atoms with E-state index < -0.39 is 5.97 Å². The van der Waals surface area contributed by atoms with Crippen LogP contribution in [-0.4, -0.2) is 31.2 Å². The van der Waals surface area contributed by atoms with E-state index in [0.29, 0.717) is 0 Å². The first-order valence-electron chi connectivity index (χ1n) is 9.33. The molecular weight excluding hydrogens is 450 g/mol. The van der Waals surface area contributed by atoms with Gasteiger partial charge in [-0.05, 0) is 42.3 Å². The van der Waals surface area contributed by atoms with Gasteiger partial charge < -0.3 is 9.64 Å². The van der Waals surface area contributed by atoms with Gasteiger partial charge in [-0.1, -0.05) is 48.0 Å². The number of para-hydroxylation sites is 1. The minimum atomic E-state index is -0.397. The standard InChI is InChI=1S/C23H24BrNO3S/c1-15-11-16(24)9-10-20(15)29-14-22(27)28-13-17(26)12-21-23(2,3)18-7-5-6-8-19(18)25(21)4/h5-12H,13-14H2,1-4H3. The molecule has 0 fully saturated rings. The van der Waals surface area contributed by atoms with Crippen LogP contribution in [0, 0.1) is 6.92 Å². The Morgan fingerprint density at radius 3 is 2.62 bits per heavy atom. The Morgan fingerprint density at radius 2 is 1.93 bits per heavy atom. The van der Waals surface area contributed by atoms with E-state index in [2.05, 4.69) is 35.8 Å². The number of fused-ring (bicyclic) bond motifs is 1. The van der Waals surface area contributed by atoms with Gasteiger partial charge in [0.15, 0.2) is 12.4 Å². The monoisotopic (exact) mass is 473 g/mol. The lowest BCUT2D eigenvalue weighted by molar-refractivity contribution is -0.144. The van der Waals surface area contributed by atoms with Crippen LogP contribution in [-0.2, 0) is 19.7 Å². The molecular formula is C23H24BrNO3S. The number of hydrogen-bond donors (Lipinski definition) is 0. The van der Waals surface area contributed by atoms with Crippen LogP contribution in [0.3, 0.4) is 0 Å². The number of esters is 1. The van der Waals surface area contributed by atoms with Crippen LogP contribution in [0.4, 0.5) is 5.69 Å². The van der Waals surface area contributed by atoms with Crippen LogP contribution in [0.1, 0.15) is 25.0 Å². The molecule has 0 atom stereocenters. The number of thioether (sulfide) groups is 1. The number of ketones is 1. The van der Waals surface area contributed by atoms with E-state index >= 15 is 0 Å². The number of anilines is 1. The zero-order chi connectivity index (χ0) is 21.2. The Hall–Kier alpha value is -2.05. The number of halogens is 1. The third-order valence-electron chi connectivity index (χ3n) is 5.10. The van der Waals surface area contributed by atoms with E-state index in [9.17, 15) is 9.59 Å². The summed E-state index contributed by atoms with van der Waals surface area (Å²) in [6.07, 6.45) is 1.60. The summed E-state index contributed by atoms with van der Waals surface area (Å²) >= 11 is 4.84. The Balaban J connectivity index is 1.58. The highest BCUT2D eigenvalue weighted by Crippen LogP contribution is 2.46. The van der Waals surface area contributed by atoms with Crippen molar-refractivity contribution in [3.05, 3.63) is 69.8 Å². The van der Waals surface area contributed by atoms with Gasteiger partial charge in [0.05, 0.1) is 5.75 Å². The number of benzene rings is 2. The summed E-state index contributed by atoms with van der Waals surface area (Å²) < 4.78 is 6.20. The largest absolute Gasteiger partial charge is 0.457 e. The third-order valence-corrected chi connectivity index (χ3v) is 6.74. The van der Waals surface area contributed by atoms with Crippen molar-refractivity contribution < 1.29 is 14.3 Å². The zero-order valence-corrected chi connectivity index (χ0v) is 19.4. The summed E-state index contributed by atoms with van der Waals surface area (Å²) in [5, 5.41) is 0. The van der Waals surface area contributed by atoms with Crippen LogP contribution in [0.15, 0.2) is 63.6 Å². The van der Waals surface area contributed by atoms with Gasteiger partial charge in [-0.3, -0.25) is 9.59 Å². The molecule has 0 unspecified atom stereocenters. The van der Waals surface area contributed by atoms with Gasteiger partial charge in [-0.2, -0.15) is 0 Å². The maximum atomic E-state index is 12.5. The second-order valence-corrected chi connectivity index (χ2v) is 9.49. The molecule has 0 saturated carbocycles. The second kappa shape index (κ2) is 8.76. The number of likely N-dealkylation sites (N-methyl/N-ethyl adjacent to an activating group) is 1. The highest BCUT2D eigenvalue weighted by Gasteiger charge is 2.38. The van der Waals surface area contributed by atoms with E-state index in [1.165, 1.54) is 17.3 Å². The van der Waals surface area contributed by atoms with Crippen molar-refractivity contribution in [2.24, 2.45) is 0 Å². The molecule has 0 radical (unpaired) electrons. The molecule has 1 aliphatic heterocycles. The van der Waals surface area contributed by atoms with Gasteiger partial charge in [0.25, 0.3) is 0 Å². The molecule has 0 bridgehead atoms. The second-order valence-electron chi connectivity index (χ2n) is 7.56. The van der Waals surface area contributed by atoms with Gasteiger partial charge in [-0.25, -0.2) is 0 Å². The van der Waals surface area contributed by atoms with E-state index in [4.69, 9.17) is 4.74 Å². The van der Waals surface area contributed by atoms with Gasteiger partial charge in [0.2, 0.25) is 0 Å². The molecule has 6 heteroatoms. The zero-order valence-electron chi connectivity index (χ0n) is 17.0. The summed E-state index contributed by atoms with van der Waals surface area (Å²) in [7, 11) is 1.95. The number of allylic oxidation sites excluding steroid dienone is 1. The smallest absolute Gasteiger partial charge is 0.316 e. The van der Waals surface area contributed by atoms with Crippen molar-refractivity contribution in [1.29, 1.82) is 0 Å². The predicted octanol–water partition coefficient (Wildman–Crippen LogP) is 5.27. The number of ether oxygens (including phenoxy) is 1. The molecule has 3 rings (SSSR count). The predicted molar refractivity (Wildman–Crippen MR) is 122 cm³/mol. The number of carbonyl (C=O) groups excluding carboxylic acids is 2. The van der Waals surface area contributed by atoms with Crippen molar-refractivity contribution in [3.8, 4) is 0 Å². The van der Waals surface area contributed by atoms with E-state index in [1.54, 1.807) is 6.08 Å². The number of rotatable bonds is 6. The fourth-order valence-electron chi connectivity index (χ4n) is 3.56. The minimum Gasteiger partial charge on any atom is -0.457 e. The maximum Gasteiger partial charge on any atom is 0.316 e. The normalized spacial score (nSPS) is 16.0. The van der Waals surface area contributed by atoms with Gasteiger partial charge in [0.1, 0.15) is 0 Å². The highest BCUT2D eigenvalue weighted by molar-refractivity contribution is 9.10. The molecule has 29 heavy (non-hydrogen) atoms. The lowest BCUT2D eigenvalue weighted by atomic mass is 9.83. The molecule has 0 amide bonds. The van der Waals surface area contributed by atoms with Crippen molar-refractivity contribution >= 4 is 45.1 Å². The highest BCUT2D eigenvalue weighted by atomic mass is 79.9. The van der Waals surface area contributed by atoms with Crippen LogP contribution in [0.5, 0.6) is 0 Å². The van der Waals surface area contributed by atoms with Crippen molar-refractivity contribution in [2.75, 3.05) is 24.3 Å². The van der Waals surface area contributed by atoms with Crippen LogP contribution < -0.4 is 4.90 Å². The molecule has 0 aromatic heterocycles. The van der Waals surface area contributed by atoms with E-state index in [1.807, 2.05) is 55.3 Å². The molecule has 1 aliphatic rings. The first-order chi connectivity index (χ1) is 13.7. The number of aryl methyl sites for hydroxylation is 1. The van der Waals surface area contributed by atoms with Crippen LogP contribution in [0.2, 0.25) is 0 Å². The maximum absolute atomic E-state index is 12.5. The molecule has 0 spiro atoms. The van der Waals surface area contributed by atoms with E-state index in [-0.39, 0.29) is 23.6 Å². The molecule has 0 aliphatic carbocycles. The Labute approximate surface area is 184 Å². The fourth-order valence-corrected chi connectivity index (χ4v) is 4.84. The lowest BCUT2D eigenvalue weighted by Crippen LogP contribution is -2.25. The molecule has 4 nitrogen and oxygen atoms in total. The first kappa shape index (κ1) is 21.7. The average molecular weight is 474 g/mol. The summed E-state index contributed by atoms with van der Waals surface area (Å²) in [6.45, 7) is 5.93. The molecule has 2 aromatic carbocycles. The average Bonchev–Trinajstić information content (AvgIpc) is 2.87. The van der Waals surface area contributed by atoms with Gasteiger partial charge >= 0.3 is 5.97 Å². The van der Waals surface area contributed by atoms with Crippen molar-refractivity contribution in [2.45, 2.75) is 31.1 Å². The number of nitrogens with zero attached hydrogens (tertiary/aromatic N) is 1. The van der Waals surface area contributed by atoms with Gasteiger partial charge in [-0.15, -0.1) is 11.8 Å². The summed E-state index contributed by atoms with van der Waals surface area (Å²) in [6, 6.07) is 14.0. The SMILES string of the molecule is Cc1cc(Br)ccc1SCC(=O)OCC(=O)C=C1N(C)c2ccccc2C1(C)C. The number of hydrogen-bond acceptors (Lipinski definition) is 5. The molecule has 152 valence electrons. The third kappa shape index (κ3) is 4.75. The van der Waals surface area contributed by atoms with Crippen LogP contribution in [0.25, 0.3) is 0 Å². The molecule has 0 N–H and O–H groups in total. The Bertz CT molecular complexity index is 984. The summed E-state index contributed by atoms with van der Waals surface area (Å²) in [5.41, 5.74) is 3.98. The quantitative estimate of drug-likeness (QED) is 0.324. The Kier molecular flexibility index (Phi) is 6.54. The lowest BCUT2D eigenvalue weighted by Gasteiger charge is -2.23. The molecule has 0 saturated heterocycles. The topological polar surface area (TPSA) is 46.6 Å². The summed E-state index contributed by atoms with van der Waals surface area (Å²) in [5.74, 6) is -0.444. The summed E-state index contributed by atoms with van der Waals surface area (Å²) in [4.78, 5) is 27.6. The minimum absolute atomic E-state index is 0.170.